The van der Waals surface area contributed by atoms with Gasteiger partial charge in [-0.1, -0.05) is 48.5 Å². The maximum absolute atomic E-state index is 4.78. The molecule has 140 valence electrons. The Bertz CT molecular complexity index is 1270. The van der Waals surface area contributed by atoms with Crippen molar-refractivity contribution >= 4 is 34.1 Å². The third kappa shape index (κ3) is 3.51. The van der Waals surface area contributed by atoms with Gasteiger partial charge in [0.25, 0.3) is 0 Å². The number of nitrogens with zero attached hydrogens (tertiary/aromatic N) is 5. The molecule has 0 aliphatic heterocycles. The number of hydrazone groups is 1. The highest BCUT2D eigenvalue weighted by Crippen LogP contribution is 2.27. The van der Waals surface area contributed by atoms with Crippen molar-refractivity contribution < 1.29 is 0 Å². The van der Waals surface area contributed by atoms with E-state index >= 15 is 0 Å². The van der Waals surface area contributed by atoms with E-state index in [9.17, 15) is 0 Å². The third-order valence-electron chi connectivity index (χ3n) is 4.46. The molecule has 0 spiro atoms. The molecule has 1 N–H and O–H groups in total. The number of rotatable bonds is 5. The fraction of sp³-hybridized carbons (Fsp3) is 0. The molecule has 0 unspecified atom stereocenters. The quantitative estimate of drug-likeness (QED) is 0.336. The standard InChI is InChI=1S/C22H16N6S/c1-2-8-18(9-3-1)28-15-17(21(27-28)20-11-6-12-29-20)14-24-26-22-19-10-5-4-7-16(19)13-23-25-22/h1-15H,(H,25,26). The van der Waals surface area contributed by atoms with Crippen LogP contribution < -0.4 is 5.43 Å². The number of para-hydroxylation sites is 1. The molecule has 0 aliphatic carbocycles. The summed E-state index contributed by atoms with van der Waals surface area (Å²) >= 11 is 1.65. The minimum absolute atomic E-state index is 0.618. The number of thiophene rings is 1. The summed E-state index contributed by atoms with van der Waals surface area (Å²) in [4.78, 5) is 1.09. The lowest BCUT2D eigenvalue weighted by molar-refractivity contribution is 0.885. The number of fused-ring (bicyclic) bond motifs is 1. The summed E-state index contributed by atoms with van der Waals surface area (Å²) in [7, 11) is 0. The maximum Gasteiger partial charge on any atom is 0.176 e. The van der Waals surface area contributed by atoms with E-state index in [1.165, 1.54) is 0 Å². The zero-order valence-electron chi connectivity index (χ0n) is 15.3. The Kier molecular flexibility index (Phi) is 4.56. The normalized spacial score (nSPS) is 11.3. The molecule has 0 amide bonds. The number of hydrogen-bond donors (Lipinski definition) is 1. The molecular weight excluding hydrogens is 380 g/mol. The minimum Gasteiger partial charge on any atom is -0.259 e. The fourth-order valence-corrected chi connectivity index (χ4v) is 3.80. The van der Waals surface area contributed by atoms with Crippen LogP contribution in [0.5, 0.6) is 0 Å². The van der Waals surface area contributed by atoms with Crippen LogP contribution in [0.1, 0.15) is 5.56 Å². The van der Waals surface area contributed by atoms with Gasteiger partial charge in [0.15, 0.2) is 5.82 Å². The van der Waals surface area contributed by atoms with Crippen LogP contribution in [0, 0.1) is 0 Å². The molecule has 3 heterocycles. The van der Waals surface area contributed by atoms with Gasteiger partial charge in [0.1, 0.15) is 5.69 Å². The summed E-state index contributed by atoms with van der Waals surface area (Å²) in [6.45, 7) is 0. The monoisotopic (exact) mass is 396 g/mol. The van der Waals surface area contributed by atoms with Gasteiger partial charge in [-0.25, -0.2) is 4.68 Å². The lowest BCUT2D eigenvalue weighted by Crippen LogP contribution is -1.96. The second-order valence-electron chi connectivity index (χ2n) is 6.34. The van der Waals surface area contributed by atoms with Crippen LogP contribution in [0.2, 0.25) is 0 Å². The van der Waals surface area contributed by atoms with Gasteiger partial charge >= 0.3 is 0 Å². The van der Waals surface area contributed by atoms with E-state index in [4.69, 9.17) is 5.10 Å². The van der Waals surface area contributed by atoms with Crippen LogP contribution in [0.15, 0.2) is 89.6 Å². The van der Waals surface area contributed by atoms with E-state index in [1.54, 1.807) is 23.7 Å². The first-order valence-corrected chi connectivity index (χ1v) is 9.95. The van der Waals surface area contributed by atoms with Gasteiger partial charge in [-0.3, -0.25) is 5.43 Å². The summed E-state index contributed by atoms with van der Waals surface area (Å²) in [5, 5.41) is 21.4. The molecule has 5 aromatic rings. The predicted molar refractivity (Wildman–Crippen MR) is 118 cm³/mol. The Morgan fingerprint density at radius 1 is 0.966 bits per heavy atom. The van der Waals surface area contributed by atoms with E-state index in [-0.39, 0.29) is 0 Å². The average Bonchev–Trinajstić information content (AvgIpc) is 3.45. The SMILES string of the molecule is C(=NNc1nncc2ccccc12)c1cn(-c2ccccc2)nc1-c1cccs1. The largest absolute Gasteiger partial charge is 0.259 e. The molecule has 0 atom stereocenters. The smallest absolute Gasteiger partial charge is 0.176 e. The minimum atomic E-state index is 0.618. The van der Waals surface area contributed by atoms with Crippen LogP contribution in [0.25, 0.3) is 27.0 Å². The van der Waals surface area contributed by atoms with Crippen molar-refractivity contribution in [3.8, 4) is 16.3 Å². The van der Waals surface area contributed by atoms with Crippen molar-refractivity contribution in [2.24, 2.45) is 5.10 Å². The van der Waals surface area contributed by atoms with Gasteiger partial charge in [0.05, 0.1) is 23.0 Å². The second-order valence-corrected chi connectivity index (χ2v) is 7.29. The first kappa shape index (κ1) is 17.3. The van der Waals surface area contributed by atoms with Gasteiger partial charge in [-0.2, -0.15) is 15.3 Å². The van der Waals surface area contributed by atoms with Gasteiger partial charge in [-0.05, 0) is 23.6 Å². The molecule has 6 nitrogen and oxygen atoms in total. The van der Waals surface area contributed by atoms with E-state index in [0.29, 0.717) is 5.82 Å². The summed E-state index contributed by atoms with van der Waals surface area (Å²) in [5.41, 5.74) is 5.82. The van der Waals surface area contributed by atoms with Gasteiger partial charge in [0.2, 0.25) is 0 Å². The van der Waals surface area contributed by atoms with Crippen molar-refractivity contribution in [1.82, 2.24) is 20.0 Å². The number of nitrogens with one attached hydrogen (secondary N) is 1. The average molecular weight is 396 g/mol. The zero-order chi connectivity index (χ0) is 19.5. The molecule has 5 rings (SSSR count). The van der Waals surface area contributed by atoms with Gasteiger partial charge in [-0.15, -0.1) is 16.4 Å². The second kappa shape index (κ2) is 7.65. The highest BCUT2D eigenvalue weighted by molar-refractivity contribution is 7.13. The van der Waals surface area contributed by atoms with E-state index < -0.39 is 0 Å². The summed E-state index contributed by atoms with van der Waals surface area (Å²) in [6.07, 6.45) is 5.48. The predicted octanol–water partition coefficient (Wildman–Crippen LogP) is 4.99. The molecule has 29 heavy (non-hydrogen) atoms. The number of anilines is 1. The van der Waals surface area contributed by atoms with Crippen LogP contribution in [-0.4, -0.2) is 26.2 Å². The van der Waals surface area contributed by atoms with Crippen molar-refractivity contribution in [3.63, 3.8) is 0 Å². The third-order valence-corrected chi connectivity index (χ3v) is 5.34. The fourth-order valence-electron chi connectivity index (χ4n) is 3.07. The van der Waals surface area contributed by atoms with Crippen molar-refractivity contribution in [2.45, 2.75) is 0 Å². The Morgan fingerprint density at radius 2 is 1.83 bits per heavy atom. The van der Waals surface area contributed by atoms with Gasteiger partial charge < -0.3 is 0 Å². The van der Waals surface area contributed by atoms with Gasteiger partial charge in [0, 0.05) is 22.5 Å². The molecule has 0 fully saturated rings. The summed E-state index contributed by atoms with van der Waals surface area (Å²) < 4.78 is 1.87. The molecule has 0 bridgehead atoms. The van der Waals surface area contributed by atoms with Crippen molar-refractivity contribution in [2.75, 3.05) is 5.43 Å². The Balaban J connectivity index is 1.49. The van der Waals surface area contributed by atoms with Crippen molar-refractivity contribution in [1.29, 1.82) is 0 Å². The topological polar surface area (TPSA) is 68.0 Å². The molecule has 0 radical (unpaired) electrons. The number of benzene rings is 2. The molecule has 3 aromatic heterocycles. The van der Waals surface area contributed by atoms with E-state index in [0.717, 1.165) is 32.6 Å². The lowest BCUT2D eigenvalue weighted by Gasteiger charge is -2.02. The summed E-state index contributed by atoms with van der Waals surface area (Å²) in [5.74, 6) is 0.618. The Hall–Kier alpha value is -3.84. The summed E-state index contributed by atoms with van der Waals surface area (Å²) in [6, 6.07) is 22.0. The van der Waals surface area contributed by atoms with Crippen molar-refractivity contribution in [3.05, 3.63) is 90.1 Å². The molecular formula is C22H16N6S. The van der Waals surface area contributed by atoms with Crippen LogP contribution in [0.3, 0.4) is 0 Å². The molecule has 7 heteroatoms. The lowest BCUT2D eigenvalue weighted by atomic mass is 10.2. The molecule has 0 saturated carbocycles. The highest BCUT2D eigenvalue weighted by atomic mass is 32.1. The molecule has 0 saturated heterocycles. The van der Waals surface area contributed by atoms with Crippen LogP contribution in [0.4, 0.5) is 5.82 Å². The zero-order valence-corrected chi connectivity index (χ0v) is 16.1. The van der Waals surface area contributed by atoms with Crippen LogP contribution >= 0.6 is 11.3 Å². The van der Waals surface area contributed by atoms with E-state index in [2.05, 4.69) is 26.8 Å². The maximum atomic E-state index is 4.78. The Labute approximate surface area is 171 Å². The van der Waals surface area contributed by atoms with E-state index in [1.807, 2.05) is 76.9 Å². The Morgan fingerprint density at radius 3 is 2.69 bits per heavy atom. The first-order chi connectivity index (χ1) is 14.4. The molecule has 0 aliphatic rings. The molecule has 2 aromatic carbocycles. The first-order valence-electron chi connectivity index (χ1n) is 9.07. The van der Waals surface area contributed by atoms with Crippen LogP contribution in [-0.2, 0) is 0 Å². The number of hydrogen-bond acceptors (Lipinski definition) is 6. The number of aromatic nitrogens is 4. The highest BCUT2D eigenvalue weighted by Gasteiger charge is 2.12.